The van der Waals surface area contributed by atoms with E-state index in [-0.39, 0.29) is 18.6 Å². The monoisotopic (exact) mass is 376 g/mol. The van der Waals surface area contributed by atoms with Crippen LogP contribution in [0.25, 0.3) is 0 Å². The van der Waals surface area contributed by atoms with Crippen LogP contribution in [-0.4, -0.2) is 47.9 Å². The van der Waals surface area contributed by atoms with Crippen LogP contribution in [0.4, 0.5) is 4.79 Å². The van der Waals surface area contributed by atoms with Crippen molar-refractivity contribution in [3.8, 4) is 0 Å². The number of aliphatic hydroxyl groups excluding tert-OH is 1. The molecule has 1 aliphatic rings. The van der Waals surface area contributed by atoms with Gasteiger partial charge in [0, 0.05) is 25.7 Å². The van der Waals surface area contributed by atoms with Crippen LogP contribution >= 0.6 is 0 Å². The zero-order valence-corrected chi connectivity index (χ0v) is 17.3. The van der Waals surface area contributed by atoms with Gasteiger partial charge in [0.25, 0.3) is 0 Å². The van der Waals surface area contributed by atoms with Gasteiger partial charge in [-0.25, -0.2) is 4.79 Å². The van der Waals surface area contributed by atoms with Crippen LogP contribution in [0.15, 0.2) is 30.3 Å². The number of nitrogens with zero attached hydrogens (tertiary/aromatic N) is 1. The molecule has 0 aromatic heterocycles. The molecule has 0 spiro atoms. The quantitative estimate of drug-likeness (QED) is 0.755. The first-order valence-electron chi connectivity index (χ1n) is 10.2. The lowest BCUT2D eigenvalue weighted by Crippen LogP contribution is -2.43. The number of ether oxygens (including phenoxy) is 1. The first kappa shape index (κ1) is 21.7. The van der Waals surface area contributed by atoms with Gasteiger partial charge in [0.2, 0.25) is 0 Å². The lowest BCUT2D eigenvalue weighted by atomic mass is 9.83. The zero-order chi connectivity index (χ0) is 19.9. The molecule has 1 fully saturated rings. The van der Waals surface area contributed by atoms with E-state index in [4.69, 9.17) is 4.74 Å². The van der Waals surface area contributed by atoms with Gasteiger partial charge >= 0.3 is 6.09 Å². The molecule has 1 aliphatic heterocycles. The molecule has 0 aliphatic carbocycles. The summed E-state index contributed by atoms with van der Waals surface area (Å²) >= 11 is 0. The molecule has 1 aromatic carbocycles. The Balaban J connectivity index is 1.74. The third kappa shape index (κ3) is 7.15. The molecule has 1 aromatic rings. The van der Waals surface area contributed by atoms with Crippen LogP contribution in [0, 0.1) is 11.8 Å². The Labute approximate surface area is 164 Å². The number of hydrogen-bond acceptors (Lipinski definition) is 4. The second-order valence-corrected chi connectivity index (χ2v) is 8.62. The van der Waals surface area contributed by atoms with Crippen LogP contribution in [0.1, 0.15) is 58.6 Å². The largest absolute Gasteiger partial charge is 0.444 e. The molecular weight excluding hydrogens is 340 g/mol. The van der Waals surface area contributed by atoms with Gasteiger partial charge in [-0.1, -0.05) is 30.3 Å². The van der Waals surface area contributed by atoms with E-state index in [1.807, 2.05) is 26.8 Å². The van der Waals surface area contributed by atoms with Crippen LogP contribution in [0.2, 0.25) is 0 Å². The average molecular weight is 377 g/mol. The second-order valence-electron chi connectivity index (χ2n) is 8.62. The third-order valence-electron chi connectivity index (χ3n) is 5.36. The predicted molar refractivity (Wildman–Crippen MR) is 109 cm³/mol. The summed E-state index contributed by atoms with van der Waals surface area (Å²) in [5, 5.41) is 13.4. The maximum absolute atomic E-state index is 12.2. The normalized spacial score (nSPS) is 18.2. The molecule has 27 heavy (non-hydrogen) atoms. The fourth-order valence-corrected chi connectivity index (χ4v) is 3.70. The fraction of sp³-hybridized carbons (Fsp3) is 0.682. The standard InChI is InChI=1S/C22H36N2O3/c1-17(18-8-6-5-7-9-18)23-13-10-20(16-25)19-11-14-24(15-12-19)21(26)27-22(2,3)4/h5-9,17,19-20,23,25H,10-16H2,1-4H3. The first-order valence-corrected chi connectivity index (χ1v) is 10.2. The number of hydrogen-bond donors (Lipinski definition) is 2. The number of piperidine rings is 1. The summed E-state index contributed by atoms with van der Waals surface area (Å²) < 4.78 is 5.46. The Hall–Kier alpha value is -1.59. The molecule has 2 rings (SSSR count). The van der Waals surface area contributed by atoms with Gasteiger partial charge < -0.3 is 20.1 Å². The van der Waals surface area contributed by atoms with Gasteiger partial charge in [-0.05, 0) is 70.9 Å². The van der Waals surface area contributed by atoms with Crippen molar-refractivity contribution in [2.24, 2.45) is 11.8 Å². The molecular formula is C22H36N2O3. The summed E-state index contributed by atoms with van der Waals surface area (Å²) in [6, 6.07) is 10.7. The van der Waals surface area contributed by atoms with Crippen molar-refractivity contribution in [3.05, 3.63) is 35.9 Å². The van der Waals surface area contributed by atoms with E-state index in [2.05, 4.69) is 36.5 Å². The minimum atomic E-state index is -0.456. The first-order chi connectivity index (χ1) is 12.8. The number of likely N-dealkylation sites (tertiary alicyclic amines) is 1. The van der Waals surface area contributed by atoms with E-state index < -0.39 is 5.60 Å². The van der Waals surface area contributed by atoms with Crippen LogP contribution in [0.5, 0.6) is 0 Å². The number of rotatable bonds is 7. The molecule has 2 N–H and O–H groups in total. The number of nitrogens with one attached hydrogen (secondary N) is 1. The molecule has 1 heterocycles. The highest BCUT2D eigenvalue weighted by atomic mass is 16.6. The van der Waals surface area contributed by atoms with Gasteiger partial charge in [0.05, 0.1) is 0 Å². The van der Waals surface area contributed by atoms with Crippen molar-refractivity contribution in [1.29, 1.82) is 0 Å². The summed E-state index contributed by atoms with van der Waals surface area (Å²) in [5.74, 6) is 0.740. The zero-order valence-electron chi connectivity index (χ0n) is 17.3. The van der Waals surface area contributed by atoms with Gasteiger partial charge in [-0.3, -0.25) is 0 Å². The third-order valence-corrected chi connectivity index (χ3v) is 5.36. The fourth-order valence-electron chi connectivity index (χ4n) is 3.70. The minimum absolute atomic E-state index is 0.207. The van der Waals surface area contributed by atoms with Gasteiger partial charge in [-0.2, -0.15) is 0 Å². The molecule has 0 bridgehead atoms. The summed E-state index contributed by atoms with van der Waals surface area (Å²) in [7, 11) is 0. The number of carbonyl (C=O) groups excluding carboxylic acids is 1. The molecule has 2 atom stereocenters. The van der Waals surface area contributed by atoms with E-state index in [9.17, 15) is 9.90 Å². The molecule has 1 saturated heterocycles. The summed E-state index contributed by atoms with van der Waals surface area (Å²) in [4.78, 5) is 14.0. The Morgan fingerprint density at radius 1 is 1.26 bits per heavy atom. The van der Waals surface area contributed by atoms with Crippen LogP contribution in [0.3, 0.4) is 0 Å². The Morgan fingerprint density at radius 3 is 2.44 bits per heavy atom. The van der Waals surface area contributed by atoms with Crippen molar-refractivity contribution in [3.63, 3.8) is 0 Å². The molecule has 1 amide bonds. The molecule has 0 saturated carbocycles. The van der Waals surface area contributed by atoms with E-state index in [0.717, 1.165) is 25.8 Å². The van der Waals surface area contributed by atoms with Crippen molar-refractivity contribution < 1.29 is 14.6 Å². The van der Waals surface area contributed by atoms with E-state index in [0.29, 0.717) is 25.0 Å². The molecule has 5 heteroatoms. The Morgan fingerprint density at radius 2 is 1.89 bits per heavy atom. The van der Waals surface area contributed by atoms with Crippen LogP contribution in [-0.2, 0) is 4.74 Å². The number of carbonyl (C=O) groups is 1. The number of aliphatic hydroxyl groups is 1. The van der Waals surface area contributed by atoms with Crippen molar-refractivity contribution in [2.75, 3.05) is 26.2 Å². The molecule has 152 valence electrons. The number of amides is 1. The lowest BCUT2D eigenvalue weighted by molar-refractivity contribution is 0.0137. The predicted octanol–water partition coefficient (Wildman–Crippen LogP) is 3.98. The molecule has 0 radical (unpaired) electrons. The average Bonchev–Trinajstić information content (AvgIpc) is 2.64. The lowest BCUT2D eigenvalue weighted by Gasteiger charge is -2.36. The molecule has 2 unspecified atom stereocenters. The Kier molecular flexibility index (Phi) is 8.11. The smallest absolute Gasteiger partial charge is 0.410 e. The van der Waals surface area contributed by atoms with Gasteiger partial charge in [0.1, 0.15) is 5.60 Å². The molecule has 5 nitrogen and oxygen atoms in total. The topological polar surface area (TPSA) is 61.8 Å². The highest BCUT2D eigenvalue weighted by Crippen LogP contribution is 2.28. The summed E-state index contributed by atoms with van der Waals surface area (Å²) in [6.07, 6.45) is 2.59. The van der Waals surface area contributed by atoms with E-state index in [1.54, 1.807) is 4.90 Å². The summed E-state index contributed by atoms with van der Waals surface area (Å²) in [6.45, 7) is 10.4. The Bertz CT molecular complexity index is 563. The highest BCUT2D eigenvalue weighted by Gasteiger charge is 2.30. The van der Waals surface area contributed by atoms with Gasteiger partial charge in [-0.15, -0.1) is 0 Å². The highest BCUT2D eigenvalue weighted by molar-refractivity contribution is 5.68. The number of benzene rings is 1. The SMILES string of the molecule is CC(NCCC(CO)C1CCN(C(=O)OC(C)(C)C)CC1)c1ccccc1. The second kappa shape index (κ2) is 10.1. The van der Waals surface area contributed by atoms with Crippen molar-refractivity contribution >= 4 is 6.09 Å². The van der Waals surface area contributed by atoms with Crippen LogP contribution < -0.4 is 5.32 Å². The van der Waals surface area contributed by atoms with Crippen molar-refractivity contribution in [2.45, 2.75) is 58.6 Å². The minimum Gasteiger partial charge on any atom is -0.444 e. The van der Waals surface area contributed by atoms with E-state index in [1.165, 1.54) is 5.56 Å². The van der Waals surface area contributed by atoms with Gasteiger partial charge in [0.15, 0.2) is 0 Å². The van der Waals surface area contributed by atoms with E-state index >= 15 is 0 Å². The maximum atomic E-state index is 12.2. The maximum Gasteiger partial charge on any atom is 0.410 e. The van der Waals surface area contributed by atoms with Crippen molar-refractivity contribution in [1.82, 2.24) is 10.2 Å². The summed E-state index contributed by atoms with van der Waals surface area (Å²) in [5.41, 5.74) is 0.826.